The molecule has 0 heterocycles. The lowest BCUT2D eigenvalue weighted by Crippen LogP contribution is -2.26. The smallest absolute Gasteiger partial charge is 0.407 e. The van der Waals surface area contributed by atoms with Crippen LogP contribution in [-0.2, 0) is 9.47 Å². The van der Waals surface area contributed by atoms with Crippen LogP contribution in [0.15, 0.2) is 34.3 Å². The van der Waals surface area contributed by atoms with E-state index in [1.165, 1.54) is 7.11 Å². The second-order valence-electron chi connectivity index (χ2n) is 6.23. The summed E-state index contributed by atoms with van der Waals surface area (Å²) in [6, 6.07) is 7.92. The standard InChI is InChI=1S/C21H32N4O4/c1-3-22-16-18-8-10-19(11-9-18)17-23-14-15-29-21(27)25-13-7-5-4-6-12-24-20(26)28-2/h8-11,16-17H,3-7,12-15H2,1-2H3,(H,24,26)(H,25,27). The third-order valence-electron chi connectivity index (χ3n) is 3.88. The fourth-order valence-corrected chi connectivity index (χ4v) is 2.33. The summed E-state index contributed by atoms with van der Waals surface area (Å²) in [5.41, 5.74) is 2.05. The number of ether oxygens (including phenoxy) is 2. The highest BCUT2D eigenvalue weighted by atomic mass is 16.5. The van der Waals surface area contributed by atoms with Gasteiger partial charge in [-0.15, -0.1) is 0 Å². The van der Waals surface area contributed by atoms with Crippen molar-refractivity contribution in [1.82, 2.24) is 10.6 Å². The van der Waals surface area contributed by atoms with Crippen molar-refractivity contribution < 1.29 is 19.1 Å². The molecule has 0 saturated carbocycles. The van der Waals surface area contributed by atoms with Gasteiger partial charge in [-0.25, -0.2) is 9.59 Å². The van der Waals surface area contributed by atoms with Crippen LogP contribution in [0.25, 0.3) is 0 Å². The number of carbonyl (C=O) groups is 2. The van der Waals surface area contributed by atoms with Gasteiger partial charge in [0.05, 0.1) is 13.7 Å². The molecular formula is C21H32N4O4. The van der Waals surface area contributed by atoms with Crippen LogP contribution in [-0.4, -0.2) is 64.5 Å². The van der Waals surface area contributed by atoms with Crippen LogP contribution in [0.4, 0.5) is 9.59 Å². The maximum absolute atomic E-state index is 11.6. The van der Waals surface area contributed by atoms with E-state index in [1.54, 1.807) is 6.21 Å². The molecule has 8 nitrogen and oxygen atoms in total. The molecule has 0 aliphatic heterocycles. The highest BCUT2D eigenvalue weighted by molar-refractivity contribution is 5.84. The van der Waals surface area contributed by atoms with Crippen LogP contribution in [0, 0.1) is 0 Å². The molecule has 1 aromatic carbocycles. The molecule has 0 radical (unpaired) electrons. The zero-order valence-electron chi connectivity index (χ0n) is 17.4. The summed E-state index contributed by atoms with van der Waals surface area (Å²) < 4.78 is 9.57. The zero-order valence-corrected chi connectivity index (χ0v) is 17.4. The van der Waals surface area contributed by atoms with Crippen LogP contribution in [0.1, 0.15) is 43.7 Å². The van der Waals surface area contributed by atoms with Gasteiger partial charge in [-0.05, 0) is 30.9 Å². The van der Waals surface area contributed by atoms with Crippen molar-refractivity contribution in [3.05, 3.63) is 35.4 Å². The van der Waals surface area contributed by atoms with E-state index in [0.29, 0.717) is 19.6 Å². The first kappa shape index (κ1) is 24.1. The average Bonchev–Trinajstić information content (AvgIpc) is 2.74. The number of hydrogen-bond acceptors (Lipinski definition) is 6. The minimum atomic E-state index is -0.424. The third-order valence-corrected chi connectivity index (χ3v) is 3.88. The number of aliphatic imine (C=N–C) groups is 2. The highest BCUT2D eigenvalue weighted by Crippen LogP contribution is 2.00. The second kappa shape index (κ2) is 16.1. The van der Waals surface area contributed by atoms with Crippen molar-refractivity contribution in [3.63, 3.8) is 0 Å². The molecule has 0 spiro atoms. The van der Waals surface area contributed by atoms with Gasteiger partial charge in [-0.2, -0.15) is 0 Å². The number of rotatable bonds is 13. The number of amides is 2. The lowest BCUT2D eigenvalue weighted by molar-refractivity contribution is 0.149. The minimum Gasteiger partial charge on any atom is -0.453 e. The number of nitrogens with zero attached hydrogens (tertiary/aromatic N) is 2. The van der Waals surface area contributed by atoms with Crippen molar-refractivity contribution in [2.24, 2.45) is 9.98 Å². The Morgan fingerprint density at radius 2 is 1.45 bits per heavy atom. The molecule has 8 heteroatoms. The number of benzene rings is 1. The number of hydrogen-bond donors (Lipinski definition) is 2. The lowest BCUT2D eigenvalue weighted by Gasteiger charge is -2.06. The van der Waals surface area contributed by atoms with E-state index in [4.69, 9.17) is 4.74 Å². The van der Waals surface area contributed by atoms with Gasteiger partial charge in [-0.3, -0.25) is 9.98 Å². The maximum Gasteiger partial charge on any atom is 0.407 e. The number of methoxy groups -OCH3 is 1. The Bertz CT molecular complexity index is 645. The second-order valence-corrected chi connectivity index (χ2v) is 6.23. The summed E-state index contributed by atoms with van der Waals surface area (Å²) >= 11 is 0. The predicted octanol–water partition coefficient (Wildman–Crippen LogP) is 3.19. The van der Waals surface area contributed by atoms with E-state index in [-0.39, 0.29) is 6.61 Å². The number of alkyl carbamates (subject to hydrolysis) is 2. The Balaban J connectivity index is 2.01. The lowest BCUT2D eigenvalue weighted by atomic mass is 10.1. The summed E-state index contributed by atoms with van der Waals surface area (Å²) in [6.45, 7) is 4.59. The van der Waals surface area contributed by atoms with Crippen molar-refractivity contribution in [2.45, 2.75) is 32.6 Å². The SMILES string of the molecule is CCN=Cc1ccc(C=NCCOC(=O)NCCCCCCNC(=O)OC)cc1. The molecule has 0 aliphatic carbocycles. The Hall–Kier alpha value is -2.90. The highest BCUT2D eigenvalue weighted by Gasteiger charge is 2.00. The van der Waals surface area contributed by atoms with Gasteiger partial charge in [0, 0.05) is 32.1 Å². The van der Waals surface area contributed by atoms with Crippen LogP contribution in [0.2, 0.25) is 0 Å². The largest absolute Gasteiger partial charge is 0.453 e. The number of carbonyl (C=O) groups excluding carboxylic acids is 2. The molecule has 2 amide bonds. The molecule has 0 unspecified atom stereocenters. The minimum absolute atomic E-state index is 0.239. The Kier molecular flexibility index (Phi) is 13.4. The monoisotopic (exact) mass is 404 g/mol. The molecule has 0 saturated heterocycles. The van der Waals surface area contributed by atoms with Gasteiger partial charge in [0.15, 0.2) is 0 Å². The topological polar surface area (TPSA) is 101 Å². The molecule has 2 N–H and O–H groups in total. The summed E-state index contributed by atoms with van der Waals surface area (Å²) in [7, 11) is 1.34. The van der Waals surface area contributed by atoms with E-state index >= 15 is 0 Å². The molecule has 0 aliphatic rings. The van der Waals surface area contributed by atoms with E-state index < -0.39 is 12.2 Å². The fraction of sp³-hybridized carbons (Fsp3) is 0.524. The van der Waals surface area contributed by atoms with Gasteiger partial charge in [0.25, 0.3) is 0 Å². The van der Waals surface area contributed by atoms with Gasteiger partial charge < -0.3 is 20.1 Å². The molecule has 160 valence electrons. The van der Waals surface area contributed by atoms with Crippen LogP contribution >= 0.6 is 0 Å². The summed E-state index contributed by atoms with van der Waals surface area (Å²) in [4.78, 5) is 30.9. The molecule has 0 bridgehead atoms. The first-order valence-electron chi connectivity index (χ1n) is 9.98. The number of unbranched alkanes of at least 4 members (excludes halogenated alkanes) is 3. The van der Waals surface area contributed by atoms with E-state index in [2.05, 4.69) is 25.4 Å². The fourth-order valence-electron chi connectivity index (χ4n) is 2.33. The first-order chi connectivity index (χ1) is 14.2. The van der Waals surface area contributed by atoms with Crippen LogP contribution in [0.3, 0.4) is 0 Å². The molecule has 29 heavy (non-hydrogen) atoms. The Labute approximate surface area is 172 Å². The normalized spacial score (nSPS) is 11.0. The van der Waals surface area contributed by atoms with Crippen molar-refractivity contribution in [1.29, 1.82) is 0 Å². The van der Waals surface area contributed by atoms with Crippen LogP contribution in [0.5, 0.6) is 0 Å². The van der Waals surface area contributed by atoms with Crippen molar-refractivity contribution in [2.75, 3.05) is 39.9 Å². The zero-order chi connectivity index (χ0) is 21.2. The predicted molar refractivity (Wildman–Crippen MR) is 115 cm³/mol. The summed E-state index contributed by atoms with van der Waals surface area (Å²) in [5.74, 6) is 0. The average molecular weight is 405 g/mol. The molecule has 0 aromatic heterocycles. The van der Waals surface area contributed by atoms with Crippen molar-refractivity contribution in [3.8, 4) is 0 Å². The molecular weight excluding hydrogens is 372 g/mol. The first-order valence-corrected chi connectivity index (χ1v) is 9.98. The maximum atomic E-state index is 11.6. The van der Waals surface area contributed by atoms with Crippen LogP contribution < -0.4 is 10.6 Å². The van der Waals surface area contributed by atoms with Crippen molar-refractivity contribution >= 4 is 24.6 Å². The molecule has 1 rings (SSSR count). The molecule has 0 fully saturated rings. The number of nitrogens with one attached hydrogen (secondary N) is 2. The summed E-state index contributed by atoms with van der Waals surface area (Å²) in [6.07, 6.45) is 6.46. The van der Waals surface area contributed by atoms with E-state index in [0.717, 1.165) is 43.4 Å². The Morgan fingerprint density at radius 3 is 2.00 bits per heavy atom. The Morgan fingerprint density at radius 1 is 0.897 bits per heavy atom. The molecule has 1 aromatic rings. The van der Waals surface area contributed by atoms with Gasteiger partial charge in [0.1, 0.15) is 6.61 Å². The van der Waals surface area contributed by atoms with Gasteiger partial charge >= 0.3 is 12.2 Å². The third kappa shape index (κ3) is 13.0. The van der Waals surface area contributed by atoms with E-state index in [1.807, 2.05) is 37.4 Å². The molecule has 0 atom stereocenters. The van der Waals surface area contributed by atoms with Gasteiger partial charge in [0.2, 0.25) is 0 Å². The quantitative estimate of drug-likeness (QED) is 0.389. The van der Waals surface area contributed by atoms with Gasteiger partial charge in [-0.1, -0.05) is 37.1 Å². The summed E-state index contributed by atoms with van der Waals surface area (Å²) in [5, 5.41) is 5.34. The van der Waals surface area contributed by atoms with E-state index in [9.17, 15) is 9.59 Å².